The molecule has 1 N–H and O–H groups in total. The molecule has 2 rings (SSSR count). The summed E-state index contributed by atoms with van der Waals surface area (Å²) in [7, 11) is 2.18. The lowest BCUT2D eigenvalue weighted by molar-refractivity contribution is 0.0601. The van der Waals surface area contributed by atoms with Gasteiger partial charge in [0.25, 0.3) is 0 Å². The summed E-state index contributed by atoms with van der Waals surface area (Å²) in [4.78, 5) is 2.91. The van der Waals surface area contributed by atoms with Crippen LogP contribution >= 0.6 is 0 Å². The second kappa shape index (κ2) is 8.38. The maximum Gasteiger partial charge on any atom is 0.0254 e. The Bertz CT molecular complexity index is 266. The zero-order chi connectivity index (χ0) is 14.4. The molecule has 0 spiro atoms. The summed E-state index contributed by atoms with van der Waals surface area (Å²) in [5, 5.41) is 3.64. The van der Waals surface area contributed by atoms with E-state index in [1.54, 1.807) is 0 Å². The molecule has 0 aromatic carbocycles. The molecule has 4 unspecified atom stereocenters. The van der Waals surface area contributed by atoms with Gasteiger partial charge >= 0.3 is 0 Å². The number of hydrogen-bond acceptors (Lipinski definition) is 2. The van der Waals surface area contributed by atoms with E-state index in [1.807, 2.05) is 0 Å². The summed E-state index contributed by atoms with van der Waals surface area (Å²) in [6, 6.07) is 2.38. The van der Waals surface area contributed by atoms with Crippen molar-refractivity contribution in [3.8, 4) is 0 Å². The lowest BCUT2D eigenvalue weighted by Crippen LogP contribution is -2.55. The van der Waals surface area contributed by atoms with E-state index in [0.29, 0.717) is 0 Å². The fourth-order valence-electron chi connectivity index (χ4n) is 4.68. The molecular formula is C18H36N2. The van der Waals surface area contributed by atoms with Crippen LogP contribution in [-0.4, -0.2) is 36.6 Å². The van der Waals surface area contributed by atoms with Crippen molar-refractivity contribution in [1.82, 2.24) is 10.2 Å². The van der Waals surface area contributed by atoms with Crippen molar-refractivity contribution >= 4 is 0 Å². The van der Waals surface area contributed by atoms with Gasteiger partial charge in [0.05, 0.1) is 0 Å². The normalized spacial score (nSPS) is 36.8. The van der Waals surface area contributed by atoms with Gasteiger partial charge in [-0.25, -0.2) is 0 Å². The van der Waals surface area contributed by atoms with E-state index >= 15 is 0 Å². The Labute approximate surface area is 126 Å². The van der Waals surface area contributed by atoms with Crippen LogP contribution in [0.4, 0.5) is 0 Å². The number of nitrogens with zero attached hydrogens (tertiary/aromatic N) is 1. The van der Waals surface area contributed by atoms with Crippen LogP contribution in [-0.2, 0) is 0 Å². The topological polar surface area (TPSA) is 15.3 Å². The molecule has 1 saturated heterocycles. The van der Waals surface area contributed by atoms with Gasteiger partial charge in [0.2, 0.25) is 0 Å². The first-order chi connectivity index (χ1) is 9.80. The van der Waals surface area contributed by atoms with Crippen LogP contribution in [0.15, 0.2) is 0 Å². The highest BCUT2D eigenvalue weighted by Gasteiger charge is 2.36. The van der Waals surface area contributed by atoms with Gasteiger partial charge in [-0.3, -0.25) is 4.90 Å². The molecule has 1 heterocycles. The zero-order valence-corrected chi connectivity index (χ0v) is 14.0. The van der Waals surface area contributed by atoms with Gasteiger partial charge < -0.3 is 5.32 Å². The first-order valence-electron chi connectivity index (χ1n) is 9.23. The minimum absolute atomic E-state index is 0.732. The van der Waals surface area contributed by atoms with E-state index in [9.17, 15) is 0 Å². The molecule has 2 heteroatoms. The van der Waals surface area contributed by atoms with Crippen molar-refractivity contribution < 1.29 is 0 Å². The minimum atomic E-state index is 0.732. The maximum absolute atomic E-state index is 3.64. The van der Waals surface area contributed by atoms with Gasteiger partial charge in [-0.1, -0.05) is 39.5 Å². The number of likely N-dealkylation sites (N-methyl/N-ethyl adjacent to an activating group) is 1. The van der Waals surface area contributed by atoms with Crippen molar-refractivity contribution in [1.29, 1.82) is 0 Å². The third kappa shape index (κ3) is 3.98. The average Bonchev–Trinajstić information content (AvgIpc) is 2.72. The molecule has 0 aromatic heterocycles. The fourth-order valence-corrected chi connectivity index (χ4v) is 4.68. The molecule has 2 fully saturated rings. The molecule has 4 atom stereocenters. The van der Waals surface area contributed by atoms with Crippen molar-refractivity contribution in [2.75, 3.05) is 13.6 Å². The average molecular weight is 280 g/mol. The number of hydrogen-bond donors (Lipinski definition) is 1. The van der Waals surface area contributed by atoms with Crippen LogP contribution in [0.3, 0.4) is 0 Å². The van der Waals surface area contributed by atoms with Crippen molar-refractivity contribution in [3.05, 3.63) is 0 Å². The molecule has 1 aliphatic carbocycles. The molecule has 118 valence electrons. The van der Waals surface area contributed by atoms with E-state index < -0.39 is 0 Å². The summed E-state index contributed by atoms with van der Waals surface area (Å²) < 4.78 is 0. The van der Waals surface area contributed by atoms with Crippen molar-refractivity contribution in [2.45, 2.75) is 96.2 Å². The second-order valence-corrected chi connectivity index (χ2v) is 7.08. The Kier molecular flexibility index (Phi) is 6.83. The Morgan fingerprint density at radius 2 is 1.90 bits per heavy atom. The molecule has 2 nitrogen and oxygen atoms in total. The standard InChI is InChI=1S/C18H36N2/c1-4-9-15-11-12-17(19-3)18(14-15)20-13-8-6-7-10-16(20)5-2/h15-19H,4-14H2,1-3H3. The molecule has 20 heavy (non-hydrogen) atoms. The lowest BCUT2D eigenvalue weighted by atomic mass is 9.79. The third-order valence-electron chi connectivity index (χ3n) is 5.81. The van der Waals surface area contributed by atoms with Gasteiger partial charge in [-0.05, 0) is 58.0 Å². The van der Waals surface area contributed by atoms with E-state index in [1.165, 1.54) is 70.8 Å². The van der Waals surface area contributed by atoms with Gasteiger partial charge in [0.15, 0.2) is 0 Å². The summed E-state index contributed by atoms with van der Waals surface area (Å²) in [6.45, 7) is 6.09. The van der Waals surface area contributed by atoms with Crippen LogP contribution < -0.4 is 5.32 Å². The first kappa shape index (κ1) is 16.3. The van der Waals surface area contributed by atoms with Gasteiger partial charge in [-0.15, -0.1) is 0 Å². The van der Waals surface area contributed by atoms with E-state index in [2.05, 4.69) is 31.1 Å². The zero-order valence-electron chi connectivity index (χ0n) is 14.0. The highest BCUT2D eigenvalue weighted by Crippen LogP contribution is 2.34. The Balaban J connectivity index is 2.06. The molecule has 0 aromatic rings. The Morgan fingerprint density at radius 1 is 1.05 bits per heavy atom. The van der Waals surface area contributed by atoms with Gasteiger partial charge in [0.1, 0.15) is 0 Å². The SMILES string of the molecule is CCCC1CCC(NC)C(N2CCCCCC2CC)C1. The molecule has 0 radical (unpaired) electrons. The first-order valence-corrected chi connectivity index (χ1v) is 9.23. The fraction of sp³-hybridized carbons (Fsp3) is 1.00. The summed E-state index contributed by atoms with van der Waals surface area (Å²) in [6.07, 6.45) is 14.2. The monoisotopic (exact) mass is 280 g/mol. The van der Waals surface area contributed by atoms with E-state index in [4.69, 9.17) is 0 Å². The van der Waals surface area contributed by atoms with Gasteiger partial charge in [0, 0.05) is 18.1 Å². The van der Waals surface area contributed by atoms with E-state index in [-0.39, 0.29) is 0 Å². The number of likely N-dealkylation sites (tertiary alicyclic amines) is 1. The highest BCUT2D eigenvalue weighted by atomic mass is 15.2. The lowest BCUT2D eigenvalue weighted by Gasteiger charge is -2.45. The maximum atomic E-state index is 3.64. The van der Waals surface area contributed by atoms with Crippen LogP contribution in [0.1, 0.15) is 78.1 Å². The Morgan fingerprint density at radius 3 is 2.60 bits per heavy atom. The smallest absolute Gasteiger partial charge is 0.0254 e. The largest absolute Gasteiger partial charge is 0.315 e. The molecule has 0 amide bonds. The molecule has 0 bridgehead atoms. The van der Waals surface area contributed by atoms with Crippen LogP contribution in [0, 0.1) is 5.92 Å². The predicted molar refractivity (Wildman–Crippen MR) is 88.1 cm³/mol. The second-order valence-electron chi connectivity index (χ2n) is 7.08. The predicted octanol–water partition coefficient (Wildman–Crippen LogP) is 4.20. The van der Waals surface area contributed by atoms with Crippen LogP contribution in [0.2, 0.25) is 0 Å². The van der Waals surface area contributed by atoms with Crippen LogP contribution in [0.5, 0.6) is 0 Å². The third-order valence-corrected chi connectivity index (χ3v) is 5.81. The Hall–Kier alpha value is -0.0800. The van der Waals surface area contributed by atoms with Gasteiger partial charge in [-0.2, -0.15) is 0 Å². The molecule has 2 aliphatic rings. The highest BCUT2D eigenvalue weighted by molar-refractivity contribution is 4.93. The molecule has 1 saturated carbocycles. The van der Waals surface area contributed by atoms with Crippen molar-refractivity contribution in [3.63, 3.8) is 0 Å². The summed E-state index contributed by atoms with van der Waals surface area (Å²) >= 11 is 0. The summed E-state index contributed by atoms with van der Waals surface area (Å²) in [5.41, 5.74) is 0. The quantitative estimate of drug-likeness (QED) is 0.812. The molecular weight excluding hydrogens is 244 g/mol. The van der Waals surface area contributed by atoms with Crippen LogP contribution in [0.25, 0.3) is 0 Å². The van der Waals surface area contributed by atoms with Crippen molar-refractivity contribution in [2.24, 2.45) is 5.92 Å². The van der Waals surface area contributed by atoms with E-state index in [0.717, 1.165) is 24.0 Å². The number of rotatable bonds is 5. The number of nitrogens with one attached hydrogen (secondary N) is 1. The molecule has 1 aliphatic heterocycles. The minimum Gasteiger partial charge on any atom is -0.315 e. The summed E-state index contributed by atoms with van der Waals surface area (Å²) in [5.74, 6) is 0.982.